The molecule has 0 aliphatic carbocycles. The van der Waals surface area contributed by atoms with Crippen molar-refractivity contribution in [3.05, 3.63) is 12.7 Å². The molecule has 1 heteroatoms. The second-order valence-electron chi connectivity index (χ2n) is 1.46. The van der Waals surface area contributed by atoms with E-state index in [4.69, 9.17) is 0 Å². The second kappa shape index (κ2) is 6.70. The van der Waals surface area contributed by atoms with Gasteiger partial charge >= 0.3 is 0 Å². The highest BCUT2D eigenvalue weighted by Crippen LogP contribution is 1.80. The molecule has 0 heterocycles. The molecule has 0 rings (SSSR count). The van der Waals surface area contributed by atoms with Gasteiger partial charge in [-0.2, -0.15) is 10.9 Å². The highest BCUT2D eigenvalue weighted by molar-refractivity contribution is 7.96. The zero-order chi connectivity index (χ0) is 6.24. The fourth-order valence-electron chi connectivity index (χ4n) is 0.297. The lowest BCUT2D eigenvalue weighted by atomic mass is 10.4. The highest BCUT2D eigenvalue weighted by atomic mass is 32.1. The molecule has 0 radical (unpaired) electrons. The van der Waals surface area contributed by atoms with Crippen LogP contribution in [0.1, 0.15) is 19.8 Å². The van der Waals surface area contributed by atoms with Crippen molar-refractivity contribution in [3.63, 3.8) is 0 Å². The van der Waals surface area contributed by atoms with E-state index < -0.39 is 0 Å². The van der Waals surface area contributed by atoms with E-state index in [0.717, 1.165) is 0 Å². The molecule has 0 bridgehead atoms. The SMILES string of the molecule is C=CC=S=CCCC. The lowest BCUT2D eigenvalue weighted by Gasteiger charge is -1.74. The average Bonchev–Trinajstić information content (AvgIpc) is 1.81. The van der Waals surface area contributed by atoms with E-state index in [9.17, 15) is 0 Å². The summed E-state index contributed by atoms with van der Waals surface area (Å²) in [7, 11) is 1.71. The van der Waals surface area contributed by atoms with Crippen LogP contribution in [-0.4, -0.2) is 10.7 Å². The Morgan fingerprint density at radius 3 is 2.88 bits per heavy atom. The predicted octanol–water partition coefficient (Wildman–Crippen LogP) is 2.31. The molecule has 0 saturated carbocycles. The maximum absolute atomic E-state index is 3.56. The molecule has 0 aromatic heterocycles. The first kappa shape index (κ1) is 7.70. The van der Waals surface area contributed by atoms with E-state index in [1.165, 1.54) is 12.8 Å². The summed E-state index contributed by atoms with van der Waals surface area (Å²) in [6, 6.07) is 0. The van der Waals surface area contributed by atoms with Crippen LogP contribution in [0.3, 0.4) is 0 Å². The summed E-state index contributed by atoms with van der Waals surface area (Å²) in [5, 5.41) is 4.16. The summed E-state index contributed by atoms with van der Waals surface area (Å²) in [5.74, 6) is 0. The third kappa shape index (κ3) is 5.70. The summed E-state index contributed by atoms with van der Waals surface area (Å²) < 4.78 is 0. The van der Waals surface area contributed by atoms with Crippen molar-refractivity contribution < 1.29 is 0 Å². The topological polar surface area (TPSA) is 0 Å². The minimum atomic E-state index is 1.19. The Bertz CT molecular complexity index is 108. The Hall–Kier alpha value is -0.300. The van der Waals surface area contributed by atoms with Gasteiger partial charge in [-0.25, -0.2) is 0 Å². The summed E-state index contributed by atoms with van der Waals surface area (Å²) >= 11 is 0. The molecule has 0 aliphatic heterocycles. The van der Waals surface area contributed by atoms with Gasteiger partial charge in [0.1, 0.15) is 0 Å². The van der Waals surface area contributed by atoms with Crippen LogP contribution < -0.4 is 0 Å². The summed E-state index contributed by atoms with van der Waals surface area (Å²) in [5.41, 5.74) is 0. The lowest BCUT2D eigenvalue weighted by Crippen LogP contribution is -1.64. The van der Waals surface area contributed by atoms with E-state index in [2.05, 4.69) is 18.9 Å². The molecule has 0 N–H and O–H groups in total. The Kier molecular flexibility index (Phi) is 6.45. The second-order valence-corrected chi connectivity index (χ2v) is 2.34. The summed E-state index contributed by atoms with van der Waals surface area (Å²) in [6.45, 7) is 5.73. The van der Waals surface area contributed by atoms with Gasteiger partial charge in [-0.1, -0.05) is 26.0 Å². The molecule has 0 fully saturated rings. The first-order valence-electron chi connectivity index (χ1n) is 2.83. The highest BCUT2D eigenvalue weighted by Gasteiger charge is 1.65. The molecular weight excluding hydrogens is 116 g/mol. The molecule has 0 aromatic carbocycles. The molecule has 0 amide bonds. The molecule has 0 unspecified atom stereocenters. The molecule has 0 spiro atoms. The fourth-order valence-corrected chi connectivity index (χ4v) is 0.891. The average molecular weight is 128 g/mol. The van der Waals surface area contributed by atoms with E-state index in [-0.39, 0.29) is 0 Å². The van der Waals surface area contributed by atoms with Crippen LogP contribution >= 0.6 is 10.9 Å². The van der Waals surface area contributed by atoms with Gasteiger partial charge in [0.25, 0.3) is 0 Å². The molecular formula is C7H12S. The van der Waals surface area contributed by atoms with E-state index in [0.29, 0.717) is 0 Å². The monoisotopic (exact) mass is 128 g/mol. The van der Waals surface area contributed by atoms with Crippen LogP contribution in [0.25, 0.3) is 0 Å². The molecule has 8 heavy (non-hydrogen) atoms. The number of allylic oxidation sites excluding steroid dienone is 1. The third-order valence-corrected chi connectivity index (χ3v) is 1.46. The van der Waals surface area contributed by atoms with E-state index >= 15 is 0 Å². The first-order chi connectivity index (χ1) is 3.91. The van der Waals surface area contributed by atoms with Gasteiger partial charge in [0.15, 0.2) is 0 Å². The molecule has 0 aliphatic rings. The Morgan fingerprint density at radius 1 is 1.62 bits per heavy atom. The smallest absolute Gasteiger partial charge is 0.0103 e. The van der Waals surface area contributed by atoms with Crippen molar-refractivity contribution in [1.29, 1.82) is 0 Å². The normalized spacial score (nSPS) is 7.62. The minimum absolute atomic E-state index is 1.19. The zero-order valence-electron chi connectivity index (χ0n) is 5.26. The van der Waals surface area contributed by atoms with Gasteiger partial charge in [-0.15, -0.1) is 0 Å². The Labute approximate surface area is 54.8 Å². The van der Waals surface area contributed by atoms with Crippen LogP contribution in [0.2, 0.25) is 0 Å². The largest absolute Gasteiger partial charge is 0.157 e. The van der Waals surface area contributed by atoms with Crippen molar-refractivity contribution in [2.45, 2.75) is 19.8 Å². The van der Waals surface area contributed by atoms with Crippen LogP contribution in [0.5, 0.6) is 0 Å². The quantitative estimate of drug-likeness (QED) is 0.404. The first-order valence-corrected chi connectivity index (χ1v) is 3.77. The van der Waals surface area contributed by atoms with Gasteiger partial charge in [-0.3, -0.25) is 0 Å². The van der Waals surface area contributed by atoms with Crippen LogP contribution in [0.15, 0.2) is 12.7 Å². The molecule has 0 atom stereocenters. The Balaban J connectivity index is 3.31. The number of hydrogen-bond acceptors (Lipinski definition) is 0. The van der Waals surface area contributed by atoms with Gasteiger partial charge in [0, 0.05) is 0 Å². The van der Waals surface area contributed by atoms with Crippen molar-refractivity contribution in [1.82, 2.24) is 0 Å². The molecule has 0 saturated heterocycles. The van der Waals surface area contributed by atoms with Crippen LogP contribution in [0.4, 0.5) is 0 Å². The molecule has 0 nitrogen and oxygen atoms in total. The lowest BCUT2D eigenvalue weighted by molar-refractivity contribution is 1.02. The van der Waals surface area contributed by atoms with Crippen molar-refractivity contribution in [2.75, 3.05) is 0 Å². The Morgan fingerprint density at radius 2 is 2.38 bits per heavy atom. The standard InChI is InChI=1S/C7H12S/c1-3-5-7-8-6-4-2/h4,6-7H,2-3,5H2,1H3. The number of rotatable bonds is 3. The number of unbranched alkanes of at least 4 members (excludes halogenated alkanes) is 1. The van der Waals surface area contributed by atoms with Gasteiger partial charge < -0.3 is 0 Å². The third-order valence-electron chi connectivity index (χ3n) is 0.678. The van der Waals surface area contributed by atoms with Crippen LogP contribution in [0, 0.1) is 0 Å². The predicted molar refractivity (Wildman–Crippen MR) is 44.8 cm³/mol. The van der Waals surface area contributed by atoms with Crippen molar-refractivity contribution >= 4 is 21.7 Å². The van der Waals surface area contributed by atoms with Crippen LogP contribution in [-0.2, 0) is 0 Å². The molecule has 0 aromatic rings. The van der Waals surface area contributed by atoms with E-state index in [1.807, 2.05) is 5.37 Å². The summed E-state index contributed by atoms with van der Waals surface area (Å²) in [6.07, 6.45) is 4.23. The minimum Gasteiger partial charge on any atom is -0.157 e. The van der Waals surface area contributed by atoms with Gasteiger partial charge in [0.2, 0.25) is 0 Å². The zero-order valence-corrected chi connectivity index (χ0v) is 6.08. The fraction of sp³-hybridized carbons (Fsp3) is 0.429. The summed E-state index contributed by atoms with van der Waals surface area (Å²) in [4.78, 5) is 0. The van der Waals surface area contributed by atoms with Crippen molar-refractivity contribution in [3.8, 4) is 0 Å². The maximum atomic E-state index is 3.56. The van der Waals surface area contributed by atoms with Crippen molar-refractivity contribution in [2.24, 2.45) is 0 Å². The van der Waals surface area contributed by atoms with Gasteiger partial charge in [-0.05, 0) is 17.2 Å². The number of hydrogen-bond donors (Lipinski definition) is 0. The van der Waals surface area contributed by atoms with Gasteiger partial charge in [0.05, 0.1) is 0 Å². The molecule has 46 valence electrons. The maximum Gasteiger partial charge on any atom is -0.0103 e. The van der Waals surface area contributed by atoms with E-state index in [1.54, 1.807) is 17.0 Å².